The third-order valence-corrected chi connectivity index (χ3v) is 8.47. The van der Waals surface area contributed by atoms with Crippen LogP contribution in [0.15, 0.2) is 24.3 Å². The van der Waals surface area contributed by atoms with Crippen molar-refractivity contribution in [1.82, 2.24) is 14.7 Å². The van der Waals surface area contributed by atoms with E-state index in [2.05, 4.69) is 46.0 Å². The Kier molecular flexibility index (Phi) is 9.61. The molecule has 6 nitrogen and oxygen atoms in total. The molecule has 2 saturated heterocycles. The maximum absolute atomic E-state index is 13.2. The molecule has 3 heterocycles. The van der Waals surface area contributed by atoms with Crippen molar-refractivity contribution in [2.24, 2.45) is 5.92 Å². The molecule has 0 radical (unpaired) electrons. The van der Waals surface area contributed by atoms with Gasteiger partial charge in [0.15, 0.2) is 0 Å². The van der Waals surface area contributed by atoms with Gasteiger partial charge in [0.2, 0.25) is 11.8 Å². The molecule has 0 N–H and O–H groups in total. The van der Waals surface area contributed by atoms with E-state index in [0.29, 0.717) is 11.9 Å². The zero-order valence-electron chi connectivity index (χ0n) is 22.1. The summed E-state index contributed by atoms with van der Waals surface area (Å²) in [7, 11) is 2.15. The average Bonchev–Trinajstić information content (AvgIpc) is 2.89. The fourth-order valence-electron chi connectivity index (χ4n) is 6.22. The summed E-state index contributed by atoms with van der Waals surface area (Å²) in [5, 5.41) is 0. The lowest BCUT2D eigenvalue weighted by molar-refractivity contribution is -0.138. The van der Waals surface area contributed by atoms with Crippen molar-refractivity contribution >= 4 is 17.5 Å². The third-order valence-electron chi connectivity index (χ3n) is 8.47. The molecule has 0 saturated carbocycles. The molecule has 194 valence electrons. The number of carbonyl (C=O) groups excluding carboxylic acids is 2. The van der Waals surface area contributed by atoms with E-state index in [4.69, 9.17) is 0 Å². The summed E-state index contributed by atoms with van der Waals surface area (Å²) in [5.41, 5.74) is 2.34. The number of anilines is 1. The summed E-state index contributed by atoms with van der Waals surface area (Å²) in [6.07, 6.45) is 11.4. The number of hydrogen-bond donors (Lipinski definition) is 0. The number of para-hydroxylation sites is 1. The standard InChI is InChI=1S/C29H46N4O2/c1-24(34)33-18-10-6-4-3-5-9-17-32(23-26-11-7-8-12-28(26)33)27-15-21-31(22-16-27)29(35)25-13-19-30(2)20-14-25/h7-8,11-12,25,27H,3-6,9-10,13-23H2,1-2H3. The maximum Gasteiger partial charge on any atom is 0.225 e. The molecule has 1 aromatic rings. The Balaban J connectivity index is 1.43. The van der Waals surface area contributed by atoms with Crippen LogP contribution in [0, 0.1) is 5.92 Å². The molecule has 0 aliphatic carbocycles. The number of nitrogens with zero attached hydrogens (tertiary/aromatic N) is 4. The van der Waals surface area contributed by atoms with Gasteiger partial charge in [-0.15, -0.1) is 0 Å². The Morgan fingerprint density at radius 3 is 2.09 bits per heavy atom. The highest BCUT2D eigenvalue weighted by Gasteiger charge is 2.32. The van der Waals surface area contributed by atoms with Gasteiger partial charge < -0.3 is 14.7 Å². The van der Waals surface area contributed by atoms with Crippen LogP contribution in [-0.4, -0.2) is 78.9 Å². The summed E-state index contributed by atoms with van der Waals surface area (Å²) >= 11 is 0. The summed E-state index contributed by atoms with van der Waals surface area (Å²) in [5.74, 6) is 0.751. The van der Waals surface area contributed by atoms with Gasteiger partial charge in [0, 0.05) is 50.7 Å². The second kappa shape index (κ2) is 12.9. The number of fused-ring (bicyclic) bond motifs is 1. The molecule has 0 aromatic heterocycles. The van der Waals surface area contributed by atoms with Crippen LogP contribution in [0.5, 0.6) is 0 Å². The Labute approximate surface area is 212 Å². The van der Waals surface area contributed by atoms with Crippen molar-refractivity contribution in [3.8, 4) is 0 Å². The largest absolute Gasteiger partial charge is 0.342 e. The van der Waals surface area contributed by atoms with Crippen molar-refractivity contribution in [3.63, 3.8) is 0 Å². The quantitative estimate of drug-likeness (QED) is 0.621. The molecule has 0 bridgehead atoms. The van der Waals surface area contributed by atoms with Gasteiger partial charge in [0.1, 0.15) is 0 Å². The third kappa shape index (κ3) is 7.07. The first-order valence-corrected chi connectivity index (χ1v) is 14.1. The van der Waals surface area contributed by atoms with Crippen LogP contribution in [0.3, 0.4) is 0 Å². The molecule has 0 unspecified atom stereocenters. The predicted octanol–water partition coefficient (Wildman–Crippen LogP) is 4.53. The normalized spacial score (nSPS) is 23.1. The van der Waals surface area contributed by atoms with Crippen LogP contribution >= 0.6 is 0 Å². The number of carbonyl (C=O) groups is 2. The number of likely N-dealkylation sites (tertiary alicyclic amines) is 2. The van der Waals surface area contributed by atoms with Crippen molar-refractivity contribution in [2.45, 2.75) is 83.7 Å². The van der Waals surface area contributed by atoms with E-state index >= 15 is 0 Å². The topological polar surface area (TPSA) is 47.1 Å². The van der Waals surface area contributed by atoms with E-state index < -0.39 is 0 Å². The van der Waals surface area contributed by atoms with E-state index in [1.165, 1.54) is 37.7 Å². The van der Waals surface area contributed by atoms with Crippen LogP contribution in [0.25, 0.3) is 0 Å². The highest BCUT2D eigenvalue weighted by atomic mass is 16.2. The van der Waals surface area contributed by atoms with Gasteiger partial charge in [-0.1, -0.05) is 43.9 Å². The maximum atomic E-state index is 13.2. The first-order chi connectivity index (χ1) is 17.0. The van der Waals surface area contributed by atoms with Crippen LogP contribution in [0.2, 0.25) is 0 Å². The highest BCUT2D eigenvalue weighted by molar-refractivity contribution is 5.92. The summed E-state index contributed by atoms with van der Waals surface area (Å²) in [6.45, 7) is 8.33. The molecule has 1 aromatic carbocycles. The number of piperidine rings is 2. The summed E-state index contributed by atoms with van der Waals surface area (Å²) in [6, 6.07) is 9.00. The fourth-order valence-corrected chi connectivity index (χ4v) is 6.22. The van der Waals surface area contributed by atoms with E-state index in [-0.39, 0.29) is 11.8 Å². The van der Waals surface area contributed by atoms with Crippen molar-refractivity contribution in [2.75, 3.05) is 51.2 Å². The Morgan fingerprint density at radius 2 is 1.40 bits per heavy atom. The Bertz CT molecular complexity index is 828. The molecule has 35 heavy (non-hydrogen) atoms. The molecular weight excluding hydrogens is 436 g/mol. The Hall–Kier alpha value is -1.92. The zero-order chi connectivity index (χ0) is 24.6. The second-order valence-corrected chi connectivity index (χ2v) is 11.0. The number of benzene rings is 1. The second-order valence-electron chi connectivity index (χ2n) is 11.0. The van der Waals surface area contributed by atoms with E-state index in [1.807, 2.05) is 4.90 Å². The smallest absolute Gasteiger partial charge is 0.225 e. The lowest BCUT2D eigenvalue weighted by atomic mass is 9.93. The van der Waals surface area contributed by atoms with Crippen LogP contribution in [0.4, 0.5) is 5.69 Å². The van der Waals surface area contributed by atoms with Gasteiger partial charge in [-0.05, 0) is 76.8 Å². The van der Waals surface area contributed by atoms with Gasteiger partial charge in [-0.2, -0.15) is 0 Å². The molecule has 4 rings (SSSR count). The van der Waals surface area contributed by atoms with Crippen molar-refractivity contribution in [3.05, 3.63) is 29.8 Å². The van der Waals surface area contributed by atoms with E-state index in [1.54, 1.807) is 6.92 Å². The molecule has 0 atom stereocenters. The molecule has 2 amide bonds. The first-order valence-electron chi connectivity index (χ1n) is 14.1. The summed E-state index contributed by atoms with van der Waals surface area (Å²) < 4.78 is 0. The van der Waals surface area contributed by atoms with Gasteiger partial charge in [-0.25, -0.2) is 0 Å². The van der Waals surface area contributed by atoms with Crippen LogP contribution in [0.1, 0.15) is 76.7 Å². The zero-order valence-corrected chi connectivity index (χ0v) is 22.1. The lowest BCUT2D eigenvalue weighted by Crippen LogP contribution is -2.49. The lowest BCUT2D eigenvalue weighted by Gasteiger charge is -2.41. The molecule has 0 spiro atoms. The van der Waals surface area contributed by atoms with E-state index in [0.717, 1.165) is 83.6 Å². The number of hydrogen-bond acceptors (Lipinski definition) is 4. The first kappa shape index (κ1) is 26.2. The number of rotatable bonds is 2. The molecule has 3 aliphatic heterocycles. The van der Waals surface area contributed by atoms with Crippen molar-refractivity contribution in [1.29, 1.82) is 0 Å². The molecular formula is C29H46N4O2. The molecule has 3 aliphatic rings. The minimum atomic E-state index is 0.139. The minimum Gasteiger partial charge on any atom is -0.342 e. The minimum absolute atomic E-state index is 0.139. The van der Waals surface area contributed by atoms with Gasteiger partial charge in [-0.3, -0.25) is 14.5 Å². The SMILES string of the molecule is CC(=O)N1CCCCCCCCN(C2CCN(C(=O)C3CCN(C)CC3)CC2)Cc2ccccc21. The fraction of sp³-hybridized carbons (Fsp3) is 0.724. The van der Waals surface area contributed by atoms with Gasteiger partial charge in [0.25, 0.3) is 0 Å². The summed E-state index contributed by atoms with van der Waals surface area (Å²) in [4.78, 5) is 34.8. The molecule has 2 fully saturated rings. The van der Waals surface area contributed by atoms with Gasteiger partial charge in [0.05, 0.1) is 0 Å². The van der Waals surface area contributed by atoms with Crippen molar-refractivity contribution < 1.29 is 9.59 Å². The van der Waals surface area contributed by atoms with Crippen LogP contribution in [-0.2, 0) is 16.1 Å². The Morgan fingerprint density at radius 1 is 0.771 bits per heavy atom. The molecule has 6 heteroatoms. The van der Waals surface area contributed by atoms with Crippen LogP contribution < -0.4 is 4.90 Å². The van der Waals surface area contributed by atoms with E-state index in [9.17, 15) is 9.59 Å². The predicted molar refractivity (Wildman–Crippen MR) is 142 cm³/mol. The number of amides is 2. The highest BCUT2D eigenvalue weighted by Crippen LogP contribution is 2.28. The van der Waals surface area contributed by atoms with Gasteiger partial charge >= 0.3 is 0 Å². The monoisotopic (exact) mass is 482 g/mol. The average molecular weight is 483 g/mol.